The summed E-state index contributed by atoms with van der Waals surface area (Å²) in [5.74, 6) is -1.22. The van der Waals surface area contributed by atoms with E-state index in [4.69, 9.17) is 12.2 Å². The Balaban J connectivity index is 1.31. The number of anilines is 1. The summed E-state index contributed by atoms with van der Waals surface area (Å²) in [7, 11) is 0. The van der Waals surface area contributed by atoms with Crippen LogP contribution in [0.4, 0.5) is 14.5 Å². The molecule has 0 bridgehead atoms. The molecule has 36 heavy (non-hydrogen) atoms. The minimum absolute atomic E-state index is 0.102. The van der Waals surface area contributed by atoms with Gasteiger partial charge in [0.05, 0.1) is 17.4 Å². The van der Waals surface area contributed by atoms with Crippen LogP contribution in [-0.2, 0) is 17.8 Å². The van der Waals surface area contributed by atoms with Crippen LogP contribution >= 0.6 is 12.2 Å². The fraction of sp³-hybridized carbons (Fsp3) is 0.286. The highest BCUT2D eigenvalue weighted by molar-refractivity contribution is 7.80. The van der Waals surface area contributed by atoms with Crippen molar-refractivity contribution in [2.75, 3.05) is 18.4 Å². The Kier molecular flexibility index (Phi) is 6.98. The number of rotatable bonds is 5. The molecule has 186 valence electrons. The first-order valence-corrected chi connectivity index (χ1v) is 12.5. The van der Waals surface area contributed by atoms with Crippen LogP contribution in [0.1, 0.15) is 24.0 Å². The maximum atomic E-state index is 14.1. The van der Waals surface area contributed by atoms with Crippen molar-refractivity contribution in [3.63, 3.8) is 0 Å². The van der Waals surface area contributed by atoms with Gasteiger partial charge in [0.15, 0.2) is 5.11 Å². The van der Waals surface area contributed by atoms with Crippen molar-refractivity contribution in [2.45, 2.75) is 37.5 Å². The van der Waals surface area contributed by atoms with E-state index in [9.17, 15) is 13.6 Å². The Morgan fingerprint density at radius 2 is 1.61 bits per heavy atom. The lowest BCUT2D eigenvalue weighted by Crippen LogP contribution is -2.59. The molecule has 1 amide bonds. The van der Waals surface area contributed by atoms with Gasteiger partial charge in [0.1, 0.15) is 11.6 Å². The van der Waals surface area contributed by atoms with Crippen LogP contribution < -0.4 is 10.6 Å². The predicted octanol–water partition coefficient (Wildman–Crippen LogP) is 4.70. The summed E-state index contributed by atoms with van der Waals surface area (Å²) in [6, 6.07) is 23.1. The van der Waals surface area contributed by atoms with Crippen molar-refractivity contribution in [1.82, 2.24) is 15.1 Å². The highest BCUT2D eigenvalue weighted by atomic mass is 32.1. The zero-order chi connectivity index (χ0) is 25.1. The molecule has 5 nitrogen and oxygen atoms in total. The second-order valence-corrected chi connectivity index (χ2v) is 9.76. The van der Waals surface area contributed by atoms with E-state index in [2.05, 4.69) is 10.6 Å². The van der Waals surface area contributed by atoms with Crippen molar-refractivity contribution in [3.8, 4) is 0 Å². The topological polar surface area (TPSA) is 47.6 Å². The third-order valence-electron chi connectivity index (χ3n) is 7.04. The number of hydrogen-bond donors (Lipinski definition) is 2. The molecular weight excluding hydrogens is 478 g/mol. The number of carbonyl (C=O) groups is 1. The van der Waals surface area contributed by atoms with Crippen LogP contribution in [0.5, 0.6) is 0 Å². The molecule has 1 atom stereocenters. The number of benzene rings is 3. The molecule has 1 unspecified atom stereocenters. The summed E-state index contributed by atoms with van der Waals surface area (Å²) >= 11 is 5.53. The molecular formula is C28H28F2N4OS. The van der Waals surface area contributed by atoms with Crippen molar-refractivity contribution >= 4 is 28.9 Å². The molecule has 8 heteroatoms. The summed E-state index contributed by atoms with van der Waals surface area (Å²) in [4.78, 5) is 17.6. The third-order valence-corrected chi connectivity index (χ3v) is 7.40. The molecule has 0 aliphatic carbocycles. The second kappa shape index (κ2) is 10.3. The van der Waals surface area contributed by atoms with Gasteiger partial charge in [-0.1, -0.05) is 60.7 Å². The Morgan fingerprint density at radius 1 is 0.972 bits per heavy atom. The van der Waals surface area contributed by atoms with Gasteiger partial charge in [-0.25, -0.2) is 8.78 Å². The number of likely N-dealkylation sites (tertiary alicyclic amines) is 1. The Hall–Kier alpha value is -3.36. The smallest absolute Gasteiger partial charge is 0.241 e. The van der Waals surface area contributed by atoms with Crippen LogP contribution in [0.3, 0.4) is 0 Å². The molecule has 2 aliphatic rings. The first-order valence-electron chi connectivity index (χ1n) is 12.1. The fourth-order valence-corrected chi connectivity index (χ4v) is 5.42. The number of halogens is 2. The number of hydrogen-bond acceptors (Lipinski definition) is 3. The van der Waals surface area contributed by atoms with Gasteiger partial charge in [-0.05, 0) is 41.9 Å². The van der Waals surface area contributed by atoms with Gasteiger partial charge in [-0.3, -0.25) is 10.1 Å². The van der Waals surface area contributed by atoms with Crippen molar-refractivity contribution in [3.05, 3.63) is 102 Å². The Labute approximate surface area is 215 Å². The SMILES string of the molecule is O=C1C(Cc2ccccc2)NC2(CCN(C(=S)Nc3ccc(F)cc3F)CC2)N1Cc1ccccc1. The summed E-state index contributed by atoms with van der Waals surface area (Å²) in [5.41, 5.74) is 1.85. The van der Waals surface area contributed by atoms with E-state index in [1.165, 1.54) is 12.1 Å². The molecule has 2 N–H and O–H groups in total. The van der Waals surface area contributed by atoms with Crippen molar-refractivity contribution in [1.29, 1.82) is 0 Å². The lowest BCUT2D eigenvalue weighted by molar-refractivity contribution is -0.134. The normalized spacial score (nSPS) is 19.1. The van der Waals surface area contributed by atoms with E-state index >= 15 is 0 Å². The van der Waals surface area contributed by atoms with Crippen LogP contribution in [0, 0.1) is 11.6 Å². The monoisotopic (exact) mass is 506 g/mol. The lowest BCUT2D eigenvalue weighted by Gasteiger charge is -2.45. The quantitative estimate of drug-likeness (QED) is 0.492. The molecule has 0 radical (unpaired) electrons. The van der Waals surface area contributed by atoms with Crippen LogP contribution in [0.15, 0.2) is 78.9 Å². The predicted molar refractivity (Wildman–Crippen MR) is 140 cm³/mol. The number of amides is 1. The van der Waals surface area contributed by atoms with Gasteiger partial charge in [-0.15, -0.1) is 0 Å². The van der Waals surface area contributed by atoms with Gasteiger partial charge in [0, 0.05) is 38.5 Å². The zero-order valence-electron chi connectivity index (χ0n) is 19.8. The first-order chi connectivity index (χ1) is 17.4. The molecule has 2 heterocycles. The number of nitrogens with zero attached hydrogens (tertiary/aromatic N) is 2. The third kappa shape index (κ3) is 5.10. The second-order valence-electron chi connectivity index (χ2n) is 9.37. The average Bonchev–Trinajstić information content (AvgIpc) is 3.12. The molecule has 3 aromatic rings. The minimum atomic E-state index is -0.688. The maximum Gasteiger partial charge on any atom is 0.241 e. The van der Waals surface area contributed by atoms with E-state index in [1.807, 2.05) is 70.5 Å². The van der Waals surface area contributed by atoms with E-state index in [0.29, 0.717) is 44.0 Å². The Morgan fingerprint density at radius 3 is 2.25 bits per heavy atom. The zero-order valence-corrected chi connectivity index (χ0v) is 20.6. The highest BCUT2D eigenvalue weighted by Gasteiger charge is 2.51. The number of thiocarbonyl (C=S) groups is 1. The van der Waals surface area contributed by atoms with Gasteiger partial charge in [0.25, 0.3) is 0 Å². The summed E-state index contributed by atoms with van der Waals surface area (Å²) < 4.78 is 27.4. The van der Waals surface area contributed by atoms with Crippen LogP contribution in [0.25, 0.3) is 0 Å². The average molecular weight is 507 g/mol. The van der Waals surface area contributed by atoms with E-state index in [1.54, 1.807) is 0 Å². The molecule has 0 aromatic heterocycles. The number of nitrogens with one attached hydrogen (secondary N) is 2. The van der Waals surface area contributed by atoms with Crippen molar-refractivity contribution in [2.24, 2.45) is 0 Å². The van der Waals surface area contributed by atoms with E-state index in [-0.39, 0.29) is 17.6 Å². The molecule has 2 saturated heterocycles. The summed E-state index contributed by atoms with van der Waals surface area (Å²) in [6.45, 7) is 1.72. The van der Waals surface area contributed by atoms with E-state index < -0.39 is 17.3 Å². The Bertz CT molecular complexity index is 1230. The number of carbonyl (C=O) groups excluding carboxylic acids is 1. The molecule has 5 rings (SSSR count). The largest absolute Gasteiger partial charge is 0.349 e. The molecule has 2 fully saturated rings. The minimum Gasteiger partial charge on any atom is -0.349 e. The lowest BCUT2D eigenvalue weighted by atomic mass is 9.95. The van der Waals surface area contributed by atoms with Gasteiger partial charge in [-0.2, -0.15) is 0 Å². The number of piperidine rings is 1. The molecule has 3 aromatic carbocycles. The fourth-order valence-electron chi connectivity index (χ4n) is 5.13. The van der Waals surface area contributed by atoms with Crippen LogP contribution in [-0.4, -0.2) is 45.6 Å². The molecule has 2 aliphatic heterocycles. The van der Waals surface area contributed by atoms with Crippen molar-refractivity contribution < 1.29 is 13.6 Å². The first kappa shape index (κ1) is 24.3. The van der Waals surface area contributed by atoms with Crippen LogP contribution in [0.2, 0.25) is 0 Å². The molecule has 0 saturated carbocycles. The maximum absolute atomic E-state index is 14.1. The highest BCUT2D eigenvalue weighted by Crippen LogP contribution is 2.35. The standard InChI is InChI=1S/C28H28F2N4OS/c29-22-11-12-24(23(30)18-22)31-27(36)33-15-13-28(14-16-33)32-25(17-20-7-3-1-4-8-20)26(35)34(28)19-21-9-5-2-6-10-21/h1-12,18,25,32H,13-17,19H2,(H,31,36). The van der Waals surface area contributed by atoms with E-state index in [0.717, 1.165) is 17.2 Å². The summed E-state index contributed by atoms with van der Waals surface area (Å²) in [6.07, 6.45) is 1.97. The summed E-state index contributed by atoms with van der Waals surface area (Å²) in [5, 5.41) is 6.97. The van der Waals surface area contributed by atoms with Gasteiger partial charge < -0.3 is 15.1 Å². The van der Waals surface area contributed by atoms with Gasteiger partial charge in [0.2, 0.25) is 5.91 Å². The van der Waals surface area contributed by atoms with Gasteiger partial charge >= 0.3 is 0 Å². The molecule has 1 spiro atoms.